The molecule has 0 bridgehead atoms. The Bertz CT molecular complexity index is 943. The SMILES string of the molecule is CC(C)N1CCc2c(sc3c2C(=O)N[C@H](c2ccc(Cl)c([N+](=O)[O-])c2)N3)C1. The number of halogens is 1. The normalized spacial score (nSPS) is 19.3. The van der Waals surface area contributed by atoms with Gasteiger partial charge in [-0.15, -0.1) is 11.3 Å². The molecule has 0 spiro atoms. The number of rotatable bonds is 3. The van der Waals surface area contributed by atoms with E-state index in [-0.39, 0.29) is 16.6 Å². The number of benzene rings is 1. The molecule has 7 nitrogen and oxygen atoms in total. The van der Waals surface area contributed by atoms with Crippen LogP contribution in [0.5, 0.6) is 0 Å². The number of thiophene rings is 1. The Morgan fingerprint density at radius 2 is 2.15 bits per heavy atom. The zero-order valence-electron chi connectivity index (χ0n) is 14.9. The summed E-state index contributed by atoms with van der Waals surface area (Å²) >= 11 is 7.50. The Morgan fingerprint density at radius 3 is 2.85 bits per heavy atom. The van der Waals surface area contributed by atoms with Crippen molar-refractivity contribution in [2.75, 3.05) is 11.9 Å². The van der Waals surface area contributed by atoms with Crippen molar-refractivity contribution in [3.05, 3.63) is 54.9 Å². The minimum absolute atomic E-state index is 0.0759. The van der Waals surface area contributed by atoms with Gasteiger partial charge in [0.05, 0.1) is 10.5 Å². The topological polar surface area (TPSA) is 87.5 Å². The van der Waals surface area contributed by atoms with Crippen molar-refractivity contribution < 1.29 is 9.72 Å². The quantitative estimate of drug-likeness (QED) is 0.595. The third-order valence-corrected chi connectivity index (χ3v) is 6.56. The predicted octanol–water partition coefficient (Wildman–Crippen LogP) is 3.93. The van der Waals surface area contributed by atoms with Crippen LogP contribution in [0.4, 0.5) is 10.7 Å². The highest BCUT2D eigenvalue weighted by molar-refractivity contribution is 7.16. The first-order valence-electron chi connectivity index (χ1n) is 8.75. The molecule has 2 aliphatic heterocycles. The highest BCUT2D eigenvalue weighted by Crippen LogP contribution is 2.41. The predicted molar refractivity (Wildman–Crippen MR) is 106 cm³/mol. The fourth-order valence-electron chi connectivity index (χ4n) is 3.59. The van der Waals surface area contributed by atoms with Gasteiger partial charge in [0.1, 0.15) is 16.2 Å². The molecule has 27 heavy (non-hydrogen) atoms. The number of anilines is 1. The van der Waals surface area contributed by atoms with E-state index in [2.05, 4.69) is 29.4 Å². The molecule has 1 amide bonds. The van der Waals surface area contributed by atoms with E-state index < -0.39 is 11.1 Å². The number of hydrogen-bond donors (Lipinski definition) is 2. The summed E-state index contributed by atoms with van der Waals surface area (Å²) in [5.74, 6) is -0.137. The van der Waals surface area contributed by atoms with Crippen LogP contribution in [0.1, 0.15) is 46.4 Å². The fourth-order valence-corrected chi connectivity index (χ4v) is 5.08. The Balaban J connectivity index is 1.66. The standard InChI is InChI=1S/C18H19ClN4O3S/c1-9(2)22-6-5-11-14(8-22)27-18-15(11)17(24)20-16(21-18)10-3-4-12(19)13(7-10)23(25)26/h3-4,7,9,16,21H,5-6,8H2,1-2H3,(H,20,24)/t16-/m0/s1. The Kier molecular flexibility index (Phi) is 4.57. The Labute approximate surface area is 165 Å². The van der Waals surface area contributed by atoms with Gasteiger partial charge in [0.2, 0.25) is 0 Å². The summed E-state index contributed by atoms with van der Waals surface area (Å²) in [5.41, 5.74) is 2.27. The molecule has 9 heteroatoms. The Hall–Kier alpha value is -2.16. The van der Waals surface area contributed by atoms with Gasteiger partial charge in [0.15, 0.2) is 0 Å². The number of fused-ring (bicyclic) bond motifs is 3. The van der Waals surface area contributed by atoms with Gasteiger partial charge in [-0.25, -0.2) is 0 Å². The number of amides is 1. The van der Waals surface area contributed by atoms with Gasteiger partial charge in [-0.05, 0) is 31.9 Å². The van der Waals surface area contributed by atoms with Gasteiger partial charge in [0.25, 0.3) is 11.6 Å². The van der Waals surface area contributed by atoms with Crippen molar-refractivity contribution in [2.24, 2.45) is 0 Å². The van der Waals surface area contributed by atoms with Crippen LogP contribution in [0.3, 0.4) is 0 Å². The van der Waals surface area contributed by atoms with Crippen LogP contribution in [0, 0.1) is 10.1 Å². The lowest BCUT2D eigenvalue weighted by molar-refractivity contribution is -0.384. The summed E-state index contributed by atoms with van der Waals surface area (Å²) in [5, 5.41) is 18.3. The van der Waals surface area contributed by atoms with Gasteiger partial charge in [-0.2, -0.15) is 0 Å². The van der Waals surface area contributed by atoms with Crippen LogP contribution in [0.2, 0.25) is 5.02 Å². The van der Waals surface area contributed by atoms with E-state index in [1.807, 2.05) is 0 Å². The van der Waals surface area contributed by atoms with E-state index in [0.29, 0.717) is 11.6 Å². The average Bonchev–Trinajstić information content (AvgIpc) is 2.99. The highest BCUT2D eigenvalue weighted by atomic mass is 35.5. The molecule has 1 atom stereocenters. The molecular weight excluding hydrogens is 388 g/mol. The number of nitro benzene ring substituents is 1. The molecule has 2 aliphatic rings. The van der Waals surface area contributed by atoms with Crippen molar-refractivity contribution in [3.63, 3.8) is 0 Å². The second kappa shape index (κ2) is 6.78. The molecule has 0 fully saturated rings. The van der Waals surface area contributed by atoms with E-state index in [1.165, 1.54) is 17.0 Å². The molecule has 0 unspecified atom stereocenters. The summed E-state index contributed by atoms with van der Waals surface area (Å²) in [6.07, 6.45) is 0.327. The lowest BCUT2D eigenvalue weighted by Crippen LogP contribution is -2.39. The summed E-state index contributed by atoms with van der Waals surface area (Å²) in [6, 6.07) is 5.03. The van der Waals surface area contributed by atoms with Crippen LogP contribution in [0.25, 0.3) is 0 Å². The molecule has 0 radical (unpaired) electrons. The van der Waals surface area contributed by atoms with E-state index in [9.17, 15) is 14.9 Å². The number of carbonyl (C=O) groups excluding carboxylic acids is 1. The molecule has 1 aromatic heterocycles. The maximum atomic E-state index is 12.8. The molecule has 0 saturated carbocycles. The van der Waals surface area contributed by atoms with Crippen molar-refractivity contribution in [1.82, 2.24) is 10.2 Å². The first-order valence-corrected chi connectivity index (χ1v) is 9.94. The van der Waals surface area contributed by atoms with E-state index in [0.717, 1.165) is 35.6 Å². The summed E-state index contributed by atoms with van der Waals surface area (Å²) in [7, 11) is 0. The second-order valence-electron chi connectivity index (χ2n) is 7.04. The van der Waals surface area contributed by atoms with Crippen LogP contribution in [0.15, 0.2) is 18.2 Å². The van der Waals surface area contributed by atoms with Crippen LogP contribution < -0.4 is 10.6 Å². The summed E-state index contributed by atoms with van der Waals surface area (Å²) in [6.45, 7) is 6.13. The number of carbonyl (C=O) groups is 1. The van der Waals surface area contributed by atoms with Gasteiger partial charge in [-0.1, -0.05) is 17.7 Å². The first kappa shape index (κ1) is 18.2. The molecule has 0 aliphatic carbocycles. The van der Waals surface area contributed by atoms with E-state index >= 15 is 0 Å². The van der Waals surface area contributed by atoms with Gasteiger partial charge in [-0.3, -0.25) is 19.8 Å². The maximum Gasteiger partial charge on any atom is 0.288 e. The summed E-state index contributed by atoms with van der Waals surface area (Å²) < 4.78 is 0. The van der Waals surface area contributed by atoms with Crippen LogP contribution >= 0.6 is 22.9 Å². The number of hydrogen-bond acceptors (Lipinski definition) is 6. The number of nitrogens with one attached hydrogen (secondary N) is 2. The molecule has 2 aromatic rings. The largest absolute Gasteiger partial charge is 0.353 e. The van der Waals surface area contributed by atoms with Gasteiger partial charge >= 0.3 is 0 Å². The fraction of sp³-hybridized carbons (Fsp3) is 0.389. The van der Waals surface area contributed by atoms with Crippen LogP contribution in [-0.2, 0) is 13.0 Å². The van der Waals surface area contributed by atoms with Gasteiger partial charge in [0, 0.05) is 35.6 Å². The number of nitrogens with zero attached hydrogens (tertiary/aromatic N) is 2. The lowest BCUT2D eigenvalue weighted by Gasteiger charge is -2.30. The molecule has 4 rings (SSSR count). The van der Waals surface area contributed by atoms with Crippen LogP contribution in [-0.4, -0.2) is 28.3 Å². The zero-order valence-corrected chi connectivity index (χ0v) is 16.5. The minimum atomic E-state index is -0.526. The molecular formula is C18H19ClN4O3S. The Morgan fingerprint density at radius 1 is 1.37 bits per heavy atom. The van der Waals surface area contributed by atoms with Crippen molar-refractivity contribution >= 4 is 39.5 Å². The maximum absolute atomic E-state index is 12.8. The van der Waals surface area contributed by atoms with Crippen molar-refractivity contribution in [1.29, 1.82) is 0 Å². The van der Waals surface area contributed by atoms with E-state index in [4.69, 9.17) is 11.6 Å². The average molecular weight is 407 g/mol. The second-order valence-corrected chi connectivity index (χ2v) is 8.55. The molecule has 2 N–H and O–H groups in total. The van der Waals surface area contributed by atoms with Crippen molar-refractivity contribution in [3.8, 4) is 0 Å². The molecule has 1 aromatic carbocycles. The molecule has 0 saturated heterocycles. The first-order chi connectivity index (χ1) is 12.8. The van der Waals surface area contributed by atoms with E-state index in [1.54, 1.807) is 17.4 Å². The smallest absolute Gasteiger partial charge is 0.288 e. The molecule has 3 heterocycles. The zero-order chi connectivity index (χ0) is 19.3. The monoisotopic (exact) mass is 406 g/mol. The third-order valence-electron chi connectivity index (χ3n) is 5.09. The third kappa shape index (κ3) is 3.18. The number of nitro groups is 1. The summed E-state index contributed by atoms with van der Waals surface area (Å²) in [4.78, 5) is 27.0. The highest BCUT2D eigenvalue weighted by Gasteiger charge is 2.34. The molecule has 142 valence electrons. The van der Waals surface area contributed by atoms with Crippen molar-refractivity contribution in [2.45, 2.75) is 39.0 Å². The minimum Gasteiger partial charge on any atom is -0.353 e. The van der Waals surface area contributed by atoms with Gasteiger partial charge < -0.3 is 10.6 Å². The lowest BCUT2D eigenvalue weighted by atomic mass is 9.99.